The number of hydrogen-bond acceptors (Lipinski definition) is 11. The molecular formula is C21H21ClN2O11S. The molecule has 0 unspecified atom stereocenters. The lowest BCUT2D eigenvalue weighted by atomic mass is 10.2. The van der Waals surface area contributed by atoms with Crippen molar-refractivity contribution in [3.05, 3.63) is 58.6 Å². The van der Waals surface area contributed by atoms with Gasteiger partial charge in [0.05, 0.1) is 29.7 Å². The zero-order valence-corrected chi connectivity index (χ0v) is 20.2. The zero-order valence-electron chi connectivity index (χ0n) is 18.6. The molecule has 0 heterocycles. The fourth-order valence-electron chi connectivity index (χ4n) is 2.64. The summed E-state index contributed by atoms with van der Waals surface area (Å²) in [4.78, 5) is 39.0. The normalized spacial score (nSPS) is 11.5. The SMILES string of the molecule is COc1cc(/C=C/C(=O)NS(=O)(=O)c2cc(C(=O)O)ccc2Cl)ccc1OC(=O)CCCON(O)O. The number of amides is 1. The van der Waals surface area contributed by atoms with Crippen LogP contribution in [0.2, 0.25) is 5.02 Å². The number of halogens is 1. The van der Waals surface area contributed by atoms with E-state index in [1.165, 1.54) is 31.4 Å². The molecule has 2 aromatic rings. The Balaban J connectivity index is 2.06. The number of esters is 1. The second-order valence-electron chi connectivity index (χ2n) is 6.83. The van der Waals surface area contributed by atoms with Crippen molar-refractivity contribution in [3.63, 3.8) is 0 Å². The summed E-state index contributed by atoms with van der Waals surface area (Å²) in [6.45, 7) is -0.141. The van der Waals surface area contributed by atoms with E-state index in [2.05, 4.69) is 4.84 Å². The van der Waals surface area contributed by atoms with Gasteiger partial charge >= 0.3 is 11.9 Å². The van der Waals surface area contributed by atoms with Crippen LogP contribution in [0.1, 0.15) is 28.8 Å². The first kappa shape index (κ1) is 28.7. The molecule has 2 aromatic carbocycles. The quantitative estimate of drug-likeness (QED) is 0.100. The third kappa shape index (κ3) is 8.60. The van der Waals surface area contributed by atoms with E-state index in [9.17, 15) is 22.8 Å². The van der Waals surface area contributed by atoms with E-state index in [0.29, 0.717) is 5.56 Å². The molecule has 0 spiro atoms. The molecule has 1 amide bonds. The first-order chi connectivity index (χ1) is 16.9. The molecule has 2 rings (SSSR count). The van der Waals surface area contributed by atoms with Crippen molar-refractivity contribution < 1.29 is 52.6 Å². The number of aromatic carboxylic acids is 1. The van der Waals surface area contributed by atoms with Crippen molar-refractivity contribution in [2.45, 2.75) is 17.7 Å². The van der Waals surface area contributed by atoms with Gasteiger partial charge in [-0.05, 0) is 48.4 Å². The topological polar surface area (TPSA) is 189 Å². The molecule has 0 saturated heterocycles. The predicted octanol–water partition coefficient (Wildman–Crippen LogP) is 2.26. The number of carboxylic acid groups (broad SMARTS) is 1. The number of methoxy groups -OCH3 is 1. The van der Waals surface area contributed by atoms with Gasteiger partial charge in [0.25, 0.3) is 15.9 Å². The lowest BCUT2D eigenvalue weighted by Gasteiger charge is -2.10. The Morgan fingerprint density at radius 3 is 2.47 bits per heavy atom. The van der Waals surface area contributed by atoms with Crippen LogP contribution in [-0.4, -0.2) is 60.9 Å². The molecule has 0 bridgehead atoms. The van der Waals surface area contributed by atoms with E-state index >= 15 is 0 Å². The van der Waals surface area contributed by atoms with Crippen molar-refractivity contribution in [1.82, 2.24) is 10.1 Å². The first-order valence-corrected chi connectivity index (χ1v) is 11.8. The molecular weight excluding hydrogens is 524 g/mol. The summed E-state index contributed by atoms with van der Waals surface area (Å²) in [5, 5.41) is 25.1. The highest BCUT2D eigenvalue weighted by Gasteiger charge is 2.21. The van der Waals surface area contributed by atoms with Gasteiger partial charge in [-0.1, -0.05) is 17.7 Å². The number of sulfonamides is 1. The predicted molar refractivity (Wildman–Crippen MR) is 122 cm³/mol. The Labute approximate surface area is 210 Å². The highest BCUT2D eigenvalue weighted by molar-refractivity contribution is 7.90. The van der Waals surface area contributed by atoms with Crippen molar-refractivity contribution in [2.24, 2.45) is 0 Å². The summed E-state index contributed by atoms with van der Waals surface area (Å²) < 4.78 is 37.1. The van der Waals surface area contributed by atoms with Crippen LogP contribution in [0.5, 0.6) is 11.5 Å². The van der Waals surface area contributed by atoms with E-state index in [4.69, 9.17) is 36.6 Å². The third-order valence-electron chi connectivity index (χ3n) is 4.27. The number of benzene rings is 2. The van der Waals surface area contributed by atoms with Gasteiger partial charge in [0.1, 0.15) is 4.90 Å². The highest BCUT2D eigenvalue weighted by atomic mass is 35.5. The van der Waals surface area contributed by atoms with Crippen LogP contribution in [0.3, 0.4) is 0 Å². The Kier molecular flexibility index (Phi) is 10.3. The summed E-state index contributed by atoms with van der Waals surface area (Å²) >= 11 is 5.85. The summed E-state index contributed by atoms with van der Waals surface area (Å²) in [5.74, 6) is -2.83. The van der Waals surface area contributed by atoms with Crippen LogP contribution in [-0.2, 0) is 24.4 Å². The fourth-order valence-corrected chi connectivity index (χ4v) is 4.12. The van der Waals surface area contributed by atoms with E-state index in [1.54, 1.807) is 4.72 Å². The van der Waals surface area contributed by atoms with Crippen LogP contribution in [0, 0.1) is 0 Å². The van der Waals surface area contributed by atoms with Gasteiger partial charge in [-0.3, -0.25) is 24.8 Å². The van der Waals surface area contributed by atoms with Gasteiger partial charge in [0.2, 0.25) is 0 Å². The molecule has 0 saturated carbocycles. The largest absolute Gasteiger partial charge is 0.493 e. The number of rotatable bonds is 12. The second kappa shape index (κ2) is 13.0. The van der Waals surface area contributed by atoms with Gasteiger partial charge in [0, 0.05) is 12.5 Å². The molecule has 0 fully saturated rings. The minimum atomic E-state index is -4.47. The Morgan fingerprint density at radius 1 is 1.11 bits per heavy atom. The van der Waals surface area contributed by atoms with Crippen LogP contribution in [0.25, 0.3) is 6.08 Å². The molecule has 0 aliphatic heterocycles. The van der Waals surface area contributed by atoms with Crippen LogP contribution in [0.15, 0.2) is 47.4 Å². The van der Waals surface area contributed by atoms with E-state index < -0.39 is 38.2 Å². The van der Waals surface area contributed by atoms with E-state index in [1.807, 2.05) is 0 Å². The number of hydrogen-bond donors (Lipinski definition) is 4. The molecule has 0 aliphatic carbocycles. The van der Waals surface area contributed by atoms with Gasteiger partial charge < -0.3 is 14.6 Å². The summed E-state index contributed by atoms with van der Waals surface area (Å²) in [7, 11) is -3.15. The van der Waals surface area contributed by atoms with Crippen LogP contribution < -0.4 is 14.2 Å². The minimum absolute atomic E-state index is 0.0755. The molecule has 0 radical (unpaired) electrons. The number of nitrogens with zero attached hydrogens (tertiary/aromatic N) is 1. The molecule has 4 N–H and O–H groups in total. The van der Waals surface area contributed by atoms with E-state index in [0.717, 1.165) is 24.3 Å². The number of carbonyl (C=O) groups excluding carboxylic acids is 2. The monoisotopic (exact) mass is 544 g/mol. The van der Waals surface area contributed by atoms with Crippen molar-refractivity contribution in [2.75, 3.05) is 13.7 Å². The first-order valence-electron chi connectivity index (χ1n) is 9.90. The maximum absolute atomic E-state index is 12.5. The Morgan fingerprint density at radius 2 is 1.83 bits per heavy atom. The zero-order chi connectivity index (χ0) is 26.9. The average molecular weight is 545 g/mol. The van der Waals surface area contributed by atoms with Crippen LogP contribution >= 0.6 is 11.6 Å². The van der Waals surface area contributed by atoms with E-state index in [-0.39, 0.29) is 41.5 Å². The number of ether oxygens (including phenoxy) is 2. The lowest BCUT2D eigenvalue weighted by Crippen LogP contribution is -2.29. The number of carbonyl (C=O) groups is 3. The maximum Gasteiger partial charge on any atom is 0.335 e. The number of nitrogens with one attached hydrogen (secondary N) is 1. The molecule has 0 atom stereocenters. The fraction of sp³-hybridized carbons (Fsp3) is 0.190. The summed E-state index contributed by atoms with van der Waals surface area (Å²) in [6.07, 6.45) is 2.23. The molecule has 194 valence electrons. The summed E-state index contributed by atoms with van der Waals surface area (Å²) in [5.41, 5.74) is 0.0652. The van der Waals surface area contributed by atoms with Crippen molar-refractivity contribution in [3.8, 4) is 11.5 Å². The second-order valence-corrected chi connectivity index (χ2v) is 8.89. The molecule has 36 heavy (non-hydrogen) atoms. The molecule has 0 aliphatic rings. The molecule has 0 aromatic heterocycles. The molecule has 15 heteroatoms. The maximum atomic E-state index is 12.5. The van der Waals surface area contributed by atoms with Gasteiger partial charge in [-0.2, -0.15) is 0 Å². The van der Waals surface area contributed by atoms with Gasteiger partial charge in [-0.15, -0.1) is 0 Å². The number of carboxylic acids is 1. The standard InChI is InChI=1S/C21H21ClN2O11S/c1-33-17-11-13(4-8-16(17)35-20(26)3-2-10-34-24(29)30)5-9-19(25)23-36(31,32)18-12-14(21(27)28)6-7-15(18)22/h4-9,11-12,29-30H,2-3,10H2,1H3,(H,23,25)(H,27,28)/b9-5+. The third-order valence-corrected chi connectivity index (χ3v) is 6.10. The smallest absolute Gasteiger partial charge is 0.335 e. The van der Waals surface area contributed by atoms with Gasteiger partial charge in [0.15, 0.2) is 11.5 Å². The Bertz CT molecular complexity index is 1260. The van der Waals surface area contributed by atoms with Crippen LogP contribution in [0.4, 0.5) is 0 Å². The summed E-state index contributed by atoms with van der Waals surface area (Å²) in [6, 6.07) is 7.32. The Hall–Kier alpha value is -3.53. The molecule has 13 nitrogen and oxygen atoms in total. The lowest BCUT2D eigenvalue weighted by molar-refractivity contribution is -0.492. The minimum Gasteiger partial charge on any atom is -0.493 e. The average Bonchev–Trinajstić information content (AvgIpc) is 2.80. The van der Waals surface area contributed by atoms with Crippen molar-refractivity contribution in [1.29, 1.82) is 0 Å². The highest BCUT2D eigenvalue weighted by Crippen LogP contribution is 2.29. The van der Waals surface area contributed by atoms with Gasteiger partial charge in [-0.25, -0.2) is 17.9 Å². The van der Waals surface area contributed by atoms with Crippen molar-refractivity contribution >= 4 is 45.5 Å².